The van der Waals surface area contributed by atoms with Crippen molar-refractivity contribution in [1.82, 2.24) is 5.32 Å². The van der Waals surface area contributed by atoms with Crippen LogP contribution in [0.1, 0.15) is 37.4 Å². The van der Waals surface area contributed by atoms with Crippen molar-refractivity contribution in [2.24, 2.45) is 0 Å². The highest BCUT2D eigenvalue weighted by Gasteiger charge is 2.24. The highest BCUT2D eigenvalue weighted by molar-refractivity contribution is 7.19. The van der Waals surface area contributed by atoms with Crippen LogP contribution in [0, 0.1) is 0 Å². The molecule has 0 aliphatic heterocycles. The zero-order valence-electron chi connectivity index (χ0n) is 12.2. The lowest BCUT2D eigenvalue weighted by Crippen LogP contribution is -2.22. The molecule has 5 nitrogen and oxygen atoms in total. The molecule has 1 amide bonds. The van der Waals surface area contributed by atoms with Crippen LogP contribution < -0.4 is 20.7 Å². The van der Waals surface area contributed by atoms with E-state index < -0.39 is 0 Å². The molecule has 1 aromatic rings. The first-order valence-electron chi connectivity index (χ1n) is 6.52. The van der Waals surface area contributed by atoms with Gasteiger partial charge in [-0.05, 0) is 27.7 Å². The second-order valence-corrected chi connectivity index (χ2v) is 5.40. The van der Waals surface area contributed by atoms with E-state index in [4.69, 9.17) is 10.5 Å². The Labute approximate surface area is 118 Å². The molecule has 3 N–H and O–H groups in total. The second kappa shape index (κ2) is 6.65. The molecule has 0 aliphatic rings. The monoisotopic (exact) mass is 285 g/mol. The second-order valence-electron chi connectivity index (χ2n) is 4.40. The van der Waals surface area contributed by atoms with Crippen molar-refractivity contribution in [3.8, 4) is 5.75 Å². The molecule has 1 heterocycles. The molecule has 0 spiro atoms. The molecule has 1 rings (SSSR count). The van der Waals surface area contributed by atoms with E-state index in [2.05, 4.69) is 24.1 Å². The number of nitrogens with one attached hydrogen (secondary N) is 1. The van der Waals surface area contributed by atoms with Crippen LogP contribution in [-0.2, 0) is 0 Å². The van der Waals surface area contributed by atoms with Crippen LogP contribution in [-0.4, -0.2) is 32.1 Å². The Morgan fingerprint density at radius 3 is 2.42 bits per heavy atom. The van der Waals surface area contributed by atoms with Gasteiger partial charge in [0.2, 0.25) is 0 Å². The van der Waals surface area contributed by atoms with Gasteiger partial charge in [0.15, 0.2) is 5.75 Å². The summed E-state index contributed by atoms with van der Waals surface area (Å²) in [7, 11) is 1.60. The number of amides is 1. The van der Waals surface area contributed by atoms with Crippen molar-refractivity contribution in [3.63, 3.8) is 0 Å². The Morgan fingerprint density at radius 2 is 2.00 bits per heavy atom. The molecular formula is C13H23N3O2S. The largest absolute Gasteiger partial charge is 0.486 e. The zero-order valence-corrected chi connectivity index (χ0v) is 13.1. The zero-order chi connectivity index (χ0) is 14.6. The van der Waals surface area contributed by atoms with Gasteiger partial charge in [0, 0.05) is 20.1 Å². The topological polar surface area (TPSA) is 67.6 Å². The lowest BCUT2D eigenvalue weighted by molar-refractivity contribution is 0.0967. The minimum atomic E-state index is -0.172. The lowest BCUT2D eigenvalue weighted by atomic mass is 10.3. The predicted molar refractivity (Wildman–Crippen MR) is 81.4 cm³/mol. The molecule has 0 aromatic carbocycles. The van der Waals surface area contributed by atoms with E-state index in [-0.39, 0.29) is 12.0 Å². The Kier molecular flexibility index (Phi) is 5.47. The number of nitrogens with two attached hydrogens (primary N) is 1. The summed E-state index contributed by atoms with van der Waals surface area (Å²) in [4.78, 5) is 14.5. The van der Waals surface area contributed by atoms with Crippen LogP contribution in [0.4, 0.5) is 10.7 Å². The first kappa shape index (κ1) is 15.6. The maximum atomic E-state index is 11.8. The fourth-order valence-electron chi connectivity index (χ4n) is 1.77. The van der Waals surface area contributed by atoms with Crippen LogP contribution in [0.3, 0.4) is 0 Å². The van der Waals surface area contributed by atoms with Gasteiger partial charge in [-0.3, -0.25) is 4.79 Å². The van der Waals surface area contributed by atoms with Gasteiger partial charge in [-0.25, -0.2) is 0 Å². The van der Waals surface area contributed by atoms with Gasteiger partial charge in [-0.1, -0.05) is 0 Å². The van der Waals surface area contributed by atoms with Gasteiger partial charge in [-0.2, -0.15) is 0 Å². The van der Waals surface area contributed by atoms with Crippen molar-refractivity contribution in [2.45, 2.75) is 33.8 Å². The minimum absolute atomic E-state index is 0.0174. The summed E-state index contributed by atoms with van der Waals surface area (Å²) in [6, 6.07) is 0. The van der Waals surface area contributed by atoms with E-state index in [9.17, 15) is 4.79 Å². The standard InChI is InChI=1S/C13H23N3O2S/c1-6-16(7-2)13-10(18-8(3)4)9(14)11(19-13)12(17)15-5/h8H,6-7,14H2,1-5H3,(H,15,17). The molecule has 0 saturated carbocycles. The molecule has 0 bridgehead atoms. The van der Waals surface area contributed by atoms with E-state index in [1.165, 1.54) is 11.3 Å². The van der Waals surface area contributed by atoms with Crippen molar-refractivity contribution in [2.75, 3.05) is 30.8 Å². The van der Waals surface area contributed by atoms with Gasteiger partial charge in [0.05, 0.1) is 6.10 Å². The molecule has 0 fully saturated rings. The van der Waals surface area contributed by atoms with E-state index in [1.54, 1.807) is 7.05 Å². The van der Waals surface area contributed by atoms with Crippen LogP contribution in [0.15, 0.2) is 0 Å². The van der Waals surface area contributed by atoms with Gasteiger partial charge in [-0.15, -0.1) is 11.3 Å². The third-order valence-corrected chi connectivity index (χ3v) is 3.97. The quantitative estimate of drug-likeness (QED) is 0.841. The van der Waals surface area contributed by atoms with E-state index >= 15 is 0 Å². The molecule has 0 aliphatic carbocycles. The van der Waals surface area contributed by atoms with Crippen LogP contribution in [0.25, 0.3) is 0 Å². The molecule has 6 heteroatoms. The third-order valence-electron chi connectivity index (χ3n) is 2.72. The average Bonchev–Trinajstić information content (AvgIpc) is 2.68. The molecule has 19 heavy (non-hydrogen) atoms. The summed E-state index contributed by atoms with van der Waals surface area (Å²) < 4.78 is 5.80. The summed E-state index contributed by atoms with van der Waals surface area (Å²) in [6.07, 6.45) is 0.0174. The van der Waals surface area contributed by atoms with Crippen LogP contribution in [0.2, 0.25) is 0 Å². The van der Waals surface area contributed by atoms with Crippen LogP contribution in [0.5, 0.6) is 5.75 Å². The Morgan fingerprint density at radius 1 is 1.42 bits per heavy atom. The van der Waals surface area contributed by atoms with Crippen molar-refractivity contribution >= 4 is 27.9 Å². The first-order chi connectivity index (χ1) is 8.96. The molecular weight excluding hydrogens is 262 g/mol. The van der Waals surface area contributed by atoms with Crippen molar-refractivity contribution in [3.05, 3.63) is 4.88 Å². The number of hydrogen-bond donors (Lipinski definition) is 2. The number of thiophene rings is 1. The van der Waals surface area contributed by atoms with Crippen LogP contribution >= 0.6 is 11.3 Å². The highest BCUT2D eigenvalue weighted by atomic mass is 32.1. The highest BCUT2D eigenvalue weighted by Crippen LogP contribution is 2.45. The van der Waals surface area contributed by atoms with Crippen molar-refractivity contribution < 1.29 is 9.53 Å². The number of ether oxygens (including phenoxy) is 1. The fraction of sp³-hybridized carbons (Fsp3) is 0.615. The van der Waals surface area contributed by atoms with E-state index in [0.717, 1.165) is 18.1 Å². The summed E-state index contributed by atoms with van der Waals surface area (Å²) >= 11 is 1.38. The summed E-state index contributed by atoms with van der Waals surface area (Å²) in [5, 5.41) is 3.53. The molecule has 0 atom stereocenters. The maximum Gasteiger partial charge on any atom is 0.263 e. The summed E-state index contributed by atoms with van der Waals surface area (Å²) in [6.45, 7) is 9.72. The van der Waals surface area contributed by atoms with Crippen molar-refractivity contribution in [1.29, 1.82) is 0 Å². The molecule has 0 radical (unpaired) electrons. The maximum absolute atomic E-state index is 11.8. The summed E-state index contributed by atoms with van der Waals surface area (Å²) in [5.74, 6) is 0.455. The lowest BCUT2D eigenvalue weighted by Gasteiger charge is -2.21. The normalized spacial score (nSPS) is 10.6. The number of carbonyl (C=O) groups excluding carboxylic acids is 1. The molecule has 108 valence electrons. The number of carbonyl (C=O) groups is 1. The minimum Gasteiger partial charge on any atom is -0.486 e. The number of anilines is 2. The molecule has 0 saturated heterocycles. The molecule has 0 unspecified atom stereocenters. The smallest absolute Gasteiger partial charge is 0.263 e. The number of nitrogens with zero attached hydrogens (tertiary/aromatic N) is 1. The summed E-state index contributed by atoms with van der Waals surface area (Å²) in [5.41, 5.74) is 6.50. The average molecular weight is 285 g/mol. The third kappa shape index (κ3) is 3.32. The fourth-order valence-corrected chi connectivity index (χ4v) is 3.00. The van der Waals surface area contributed by atoms with Gasteiger partial charge in [0.25, 0.3) is 5.91 Å². The van der Waals surface area contributed by atoms with E-state index in [1.807, 2.05) is 13.8 Å². The Hall–Kier alpha value is -1.43. The Balaban J connectivity index is 3.30. The van der Waals surface area contributed by atoms with Gasteiger partial charge >= 0.3 is 0 Å². The first-order valence-corrected chi connectivity index (χ1v) is 7.33. The number of nitrogen functional groups attached to an aromatic ring is 1. The molecule has 1 aromatic heterocycles. The SMILES string of the molecule is CCN(CC)c1sc(C(=O)NC)c(N)c1OC(C)C. The van der Waals surface area contributed by atoms with E-state index in [0.29, 0.717) is 16.3 Å². The number of hydrogen-bond acceptors (Lipinski definition) is 5. The Bertz CT molecular complexity index is 439. The van der Waals surface area contributed by atoms with Gasteiger partial charge in [0.1, 0.15) is 15.6 Å². The predicted octanol–water partition coefficient (Wildman–Crippen LogP) is 2.32. The number of rotatable bonds is 6. The van der Waals surface area contributed by atoms with Gasteiger partial charge < -0.3 is 20.7 Å².